The molecule has 0 atom stereocenters. The number of aromatic hydroxyl groups is 1. The molecular weight excluding hydrogens is 316 g/mol. The van der Waals surface area contributed by atoms with E-state index in [1.807, 2.05) is 26.8 Å². The number of ketones is 1. The van der Waals surface area contributed by atoms with Gasteiger partial charge >= 0.3 is 0 Å². The predicted molar refractivity (Wildman–Crippen MR) is 96.6 cm³/mol. The smallest absolute Gasteiger partial charge is 0.270 e. The Hall–Kier alpha value is -2.69. The van der Waals surface area contributed by atoms with Crippen LogP contribution in [0.3, 0.4) is 0 Å². The molecule has 1 aromatic heterocycles. The summed E-state index contributed by atoms with van der Waals surface area (Å²) in [4.78, 5) is 28.4. The largest absolute Gasteiger partial charge is 0.508 e. The van der Waals surface area contributed by atoms with Crippen LogP contribution in [0.1, 0.15) is 48.8 Å². The molecule has 0 bridgehead atoms. The molecule has 2 aromatic rings. The predicted octanol–water partition coefficient (Wildman–Crippen LogP) is 3.06. The number of hydrogen-bond donors (Lipinski definition) is 2. The highest BCUT2D eigenvalue weighted by Crippen LogP contribution is 2.13. The van der Waals surface area contributed by atoms with Crippen LogP contribution in [0, 0.1) is 0 Å². The standard InChI is InChI=1S/C20H24N2O3/c1-20(2,3)22-19(25)18-13-15(9-10-21-18)12-17(24)8-7-14-5-4-6-16(23)11-14/h4-6,9-11,13,23H,7-8,12H2,1-3H3,(H,22,25). The van der Waals surface area contributed by atoms with Crippen molar-refractivity contribution in [2.75, 3.05) is 0 Å². The van der Waals surface area contributed by atoms with Crippen molar-refractivity contribution in [2.24, 2.45) is 0 Å². The van der Waals surface area contributed by atoms with E-state index in [0.717, 1.165) is 11.1 Å². The third-order valence-electron chi connectivity index (χ3n) is 3.55. The van der Waals surface area contributed by atoms with Crippen LogP contribution >= 0.6 is 0 Å². The summed E-state index contributed by atoms with van der Waals surface area (Å²) in [7, 11) is 0. The average molecular weight is 340 g/mol. The first kappa shape index (κ1) is 18.6. The molecule has 2 N–H and O–H groups in total. The summed E-state index contributed by atoms with van der Waals surface area (Å²) in [5.74, 6) is 0.0341. The Kier molecular flexibility index (Phi) is 5.91. The Morgan fingerprint density at radius 2 is 1.88 bits per heavy atom. The quantitative estimate of drug-likeness (QED) is 0.847. The van der Waals surface area contributed by atoms with E-state index in [0.29, 0.717) is 18.5 Å². The van der Waals surface area contributed by atoms with Crippen LogP contribution in [0.15, 0.2) is 42.6 Å². The fourth-order valence-electron chi connectivity index (χ4n) is 2.42. The fraction of sp³-hybridized carbons (Fsp3) is 0.350. The molecule has 0 aliphatic carbocycles. The van der Waals surface area contributed by atoms with Gasteiger partial charge in [0.15, 0.2) is 0 Å². The zero-order chi connectivity index (χ0) is 18.4. The number of hydrogen-bond acceptors (Lipinski definition) is 4. The first-order valence-electron chi connectivity index (χ1n) is 8.30. The van der Waals surface area contributed by atoms with E-state index in [9.17, 15) is 14.7 Å². The molecular formula is C20H24N2O3. The maximum Gasteiger partial charge on any atom is 0.270 e. The van der Waals surface area contributed by atoms with E-state index in [4.69, 9.17) is 0 Å². The summed E-state index contributed by atoms with van der Waals surface area (Å²) in [5.41, 5.74) is 1.67. The van der Waals surface area contributed by atoms with Gasteiger partial charge in [-0.2, -0.15) is 0 Å². The first-order chi connectivity index (χ1) is 11.7. The van der Waals surface area contributed by atoms with Crippen molar-refractivity contribution in [3.8, 4) is 5.75 Å². The number of phenolic OH excluding ortho intramolecular Hbond substituents is 1. The van der Waals surface area contributed by atoms with Crippen LogP contribution in [-0.2, 0) is 17.6 Å². The number of nitrogens with one attached hydrogen (secondary N) is 1. The van der Waals surface area contributed by atoms with Crippen LogP contribution in [0.25, 0.3) is 0 Å². The topological polar surface area (TPSA) is 79.3 Å². The molecule has 0 radical (unpaired) electrons. The third-order valence-corrected chi connectivity index (χ3v) is 3.55. The molecule has 1 heterocycles. The van der Waals surface area contributed by atoms with Gasteiger partial charge in [-0.15, -0.1) is 0 Å². The van der Waals surface area contributed by atoms with Crippen LogP contribution < -0.4 is 5.32 Å². The van der Waals surface area contributed by atoms with Crippen molar-refractivity contribution in [1.29, 1.82) is 0 Å². The van der Waals surface area contributed by atoms with Gasteiger partial charge in [0.2, 0.25) is 0 Å². The number of amides is 1. The highest BCUT2D eigenvalue weighted by Gasteiger charge is 2.16. The van der Waals surface area contributed by atoms with Gasteiger partial charge in [-0.3, -0.25) is 14.6 Å². The van der Waals surface area contributed by atoms with E-state index in [1.54, 1.807) is 36.5 Å². The highest BCUT2D eigenvalue weighted by molar-refractivity contribution is 5.93. The number of aromatic nitrogens is 1. The summed E-state index contributed by atoms with van der Waals surface area (Å²) in [6.45, 7) is 5.71. The van der Waals surface area contributed by atoms with Crippen LogP contribution in [0.4, 0.5) is 0 Å². The Balaban J connectivity index is 1.94. The zero-order valence-corrected chi connectivity index (χ0v) is 14.9. The molecule has 0 unspecified atom stereocenters. The third kappa shape index (κ3) is 6.37. The minimum absolute atomic E-state index is 0.0803. The first-order valence-corrected chi connectivity index (χ1v) is 8.30. The number of Topliss-reactive ketones (excluding diaryl/α,β-unsaturated/α-hetero) is 1. The molecule has 0 fully saturated rings. The summed E-state index contributed by atoms with van der Waals surface area (Å²) in [5, 5.41) is 12.3. The Bertz CT molecular complexity index is 764. The van der Waals surface area contributed by atoms with Crippen molar-refractivity contribution in [1.82, 2.24) is 10.3 Å². The van der Waals surface area contributed by atoms with Crippen molar-refractivity contribution in [3.63, 3.8) is 0 Å². The SMILES string of the molecule is CC(C)(C)NC(=O)c1cc(CC(=O)CCc2cccc(O)c2)ccn1. The molecule has 0 saturated carbocycles. The summed E-state index contributed by atoms with van der Waals surface area (Å²) < 4.78 is 0. The van der Waals surface area contributed by atoms with Gasteiger partial charge in [0, 0.05) is 24.6 Å². The maximum atomic E-state index is 12.2. The van der Waals surface area contributed by atoms with E-state index < -0.39 is 0 Å². The monoisotopic (exact) mass is 340 g/mol. The average Bonchev–Trinajstić information content (AvgIpc) is 2.52. The van der Waals surface area contributed by atoms with Crippen molar-refractivity contribution >= 4 is 11.7 Å². The van der Waals surface area contributed by atoms with Gasteiger partial charge in [0.25, 0.3) is 5.91 Å². The van der Waals surface area contributed by atoms with E-state index in [1.165, 1.54) is 0 Å². The van der Waals surface area contributed by atoms with Crippen LogP contribution in [0.5, 0.6) is 5.75 Å². The molecule has 25 heavy (non-hydrogen) atoms. The van der Waals surface area contributed by atoms with Gasteiger partial charge in [-0.25, -0.2) is 0 Å². The number of rotatable bonds is 6. The minimum Gasteiger partial charge on any atom is -0.508 e. The number of pyridine rings is 1. The van der Waals surface area contributed by atoms with E-state index >= 15 is 0 Å². The number of benzene rings is 1. The lowest BCUT2D eigenvalue weighted by molar-refractivity contribution is -0.118. The van der Waals surface area contributed by atoms with E-state index in [2.05, 4.69) is 10.3 Å². The second kappa shape index (κ2) is 7.92. The number of carbonyl (C=O) groups is 2. The normalized spacial score (nSPS) is 11.2. The van der Waals surface area contributed by atoms with Gasteiger partial charge in [-0.1, -0.05) is 12.1 Å². The summed E-state index contributed by atoms with van der Waals surface area (Å²) in [6, 6.07) is 10.3. The summed E-state index contributed by atoms with van der Waals surface area (Å²) in [6.07, 6.45) is 2.78. The van der Waals surface area contributed by atoms with Crippen LogP contribution in [0.2, 0.25) is 0 Å². The van der Waals surface area contributed by atoms with Crippen molar-refractivity contribution < 1.29 is 14.7 Å². The molecule has 5 nitrogen and oxygen atoms in total. The maximum absolute atomic E-state index is 12.2. The minimum atomic E-state index is -0.341. The molecule has 1 amide bonds. The highest BCUT2D eigenvalue weighted by atomic mass is 16.3. The lowest BCUT2D eigenvalue weighted by atomic mass is 10.0. The van der Waals surface area contributed by atoms with Crippen molar-refractivity contribution in [2.45, 2.75) is 45.6 Å². The molecule has 1 aromatic carbocycles. The van der Waals surface area contributed by atoms with Crippen LogP contribution in [-0.4, -0.2) is 27.3 Å². The van der Waals surface area contributed by atoms with Gasteiger partial charge < -0.3 is 10.4 Å². The Morgan fingerprint density at radius 3 is 2.56 bits per heavy atom. The second-order valence-corrected chi connectivity index (χ2v) is 7.14. The number of nitrogens with zero attached hydrogens (tertiary/aromatic N) is 1. The fourth-order valence-corrected chi connectivity index (χ4v) is 2.42. The number of phenols is 1. The molecule has 132 valence electrons. The van der Waals surface area contributed by atoms with Gasteiger partial charge in [0.05, 0.1) is 0 Å². The van der Waals surface area contributed by atoms with Gasteiger partial charge in [-0.05, 0) is 62.6 Å². The van der Waals surface area contributed by atoms with E-state index in [-0.39, 0.29) is 29.4 Å². The second-order valence-electron chi connectivity index (χ2n) is 7.14. The molecule has 0 saturated heterocycles. The molecule has 5 heteroatoms. The lowest BCUT2D eigenvalue weighted by Crippen LogP contribution is -2.40. The number of carbonyl (C=O) groups excluding carboxylic acids is 2. The molecule has 0 aliphatic rings. The van der Waals surface area contributed by atoms with Gasteiger partial charge in [0.1, 0.15) is 17.2 Å². The molecule has 2 rings (SSSR count). The molecule has 0 spiro atoms. The number of aryl methyl sites for hydroxylation is 1. The lowest BCUT2D eigenvalue weighted by Gasteiger charge is -2.20. The molecule has 0 aliphatic heterocycles. The Labute approximate surface area is 148 Å². The van der Waals surface area contributed by atoms with Crippen molar-refractivity contribution in [3.05, 3.63) is 59.4 Å². The zero-order valence-electron chi connectivity index (χ0n) is 14.9. The summed E-state index contributed by atoms with van der Waals surface area (Å²) >= 11 is 0. The Morgan fingerprint density at radius 1 is 1.12 bits per heavy atom.